The molecule has 2 heterocycles. The number of nitrogens with zero attached hydrogens (tertiary/aromatic N) is 1. The Morgan fingerprint density at radius 3 is 2.63 bits per heavy atom. The first-order valence-corrected chi connectivity index (χ1v) is 11.3. The number of hydrogen-bond acceptors (Lipinski definition) is 2. The fourth-order valence-corrected chi connectivity index (χ4v) is 5.76. The number of rotatable bonds is 5. The Balaban J connectivity index is 1.48. The van der Waals surface area contributed by atoms with Gasteiger partial charge in [0.25, 0.3) is 0 Å². The van der Waals surface area contributed by atoms with Crippen LogP contribution in [0.5, 0.6) is 0 Å². The molecule has 3 nitrogen and oxygen atoms in total. The molecule has 3 aromatic rings. The second-order valence-corrected chi connectivity index (χ2v) is 8.89. The second-order valence-electron chi connectivity index (χ2n) is 8.89. The van der Waals surface area contributed by atoms with Crippen LogP contribution >= 0.6 is 0 Å². The third-order valence-electron chi connectivity index (χ3n) is 7.18. The highest BCUT2D eigenvalue weighted by molar-refractivity contribution is 5.86. The van der Waals surface area contributed by atoms with Gasteiger partial charge in [0, 0.05) is 18.6 Å². The monoisotopic (exact) mass is 398 g/mol. The Hall–Kier alpha value is -2.65. The summed E-state index contributed by atoms with van der Waals surface area (Å²) in [6.45, 7) is 3.11. The van der Waals surface area contributed by atoms with Crippen LogP contribution in [0.3, 0.4) is 0 Å². The van der Waals surface area contributed by atoms with Gasteiger partial charge in [0.15, 0.2) is 0 Å². The number of benzene rings is 3. The Labute approximate surface area is 179 Å². The molecule has 1 amide bonds. The first-order valence-electron chi connectivity index (χ1n) is 11.3. The SMILES string of the molecule is CC(c1cccc2ccccc12)N1C(CCc2ccccc2)CC2CCNC(=O)C21. The van der Waals surface area contributed by atoms with E-state index in [-0.39, 0.29) is 18.0 Å². The number of carbonyl (C=O) groups is 1. The lowest BCUT2D eigenvalue weighted by molar-refractivity contribution is -0.129. The van der Waals surface area contributed by atoms with Crippen molar-refractivity contribution < 1.29 is 4.79 Å². The third kappa shape index (κ3) is 3.52. The Morgan fingerprint density at radius 2 is 1.77 bits per heavy atom. The average molecular weight is 399 g/mol. The predicted octanol–water partition coefficient (Wildman–Crippen LogP) is 5.11. The van der Waals surface area contributed by atoms with E-state index in [0.717, 1.165) is 32.2 Å². The van der Waals surface area contributed by atoms with E-state index in [9.17, 15) is 4.79 Å². The largest absolute Gasteiger partial charge is 0.355 e. The zero-order valence-electron chi connectivity index (χ0n) is 17.6. The molecule has 2 fully saturated rings. The molecule has 2 saturated heterocycles. The van der Waals surface area contributed by atoms with Gasteiger partial charge >= 0.3 is 0 Å². The lowest BCUT2D eigenvalue weighted by Crippen LogP contribution is -2.52. The summed E-state index contributed by atoms with van der Waals surface area (Å²) in [7, 11) is 0. The van der Waals surface area contributed by atoms with Crippen molar-refractivity contribution in [1.29, 1.82) is 0 Å². The quantitative estimate of drug-likeness (QED) is 0.647. The van der Waals surface area contributed by atoms with Crippen molar-refractivity contribution in [3.05, 3.63) is 83.9 Å². The molecule has 0 radical (unpaired) electrons. The highest BCUT2D eigenvalue weighted by Gasteiger charge is 2.48. The molecule has 0 spiro atoms. The maximum absolute atomic E-state index is 13.0. The molecular weight excluding hydrogens is 368 g/mol. The zero-order chi connectivity index (χ0) is 20.5. The zero-order valence-corrected chi connectivity index (χ0v) is 17.6. The van der Waals surface area contributed by atoms with E-state index in [0.29, 0.717) is 12.0 Å². The molecule has 154 valence electrons. The van der Waals surface area contributed by atoms with E-state index in [1.807, 2.05) is 0 Å². The topological polar surface area (TPSA) is 32.3 Å². The van der Waals surface area contributed by atoms with Crippen LogP contribution in [0.2, 0.25) is 0 Å². The van der Waals surface area contributed by atoms with E-state index < -0.39 is 0 Å². The van der Waals surface area contributed by atoms with Crippen molar-refractivity contribution in [2.45, 2.75) is 50.7 Å². The molecule has 0 aromatic heterocycles. The van der Waals surface area contributed by atoms with Crippen molar-refractivity contribution in [1.82, 2.24) is 10.2 Å². The number of amides is 1. The van der Waals surface area contributed by atoms with E-state index in [1.165, 1.54) is 21.9 Å². The van der Waals surface area contributed by atoms with Crippen molar-refractivity contribution >= 4 is 16.7 Å². The Morgan fingerprint density at radius 1 is 1.00 bits per heavy atom. The van der Waals surface area contributed by atoms with Crippen molar-refractivity contribution in [3.8, 4) is 0 Å². The third-order valence-corrected chi connectivity index (χ3v) is 7.18. The van der Waals surface area contributed by atoms with Gasteiger partial charge in [-0.2, -0.15) is 0 Å². The number of hydrogen-bond donors (Lipinski definition) is 1. The number of piperidine rings is 1. The summed E-state index contributed by atoms with van der Waals surface area (Å²) in [5.41, 5.74) is 2.71. The van der Waals surface area contributed by atoms with E-state index in [4.69, 9.17) is 0 Å². The standard InChI is InChI=1S/C27H30N2O/c1-19(24-13-7-11-21-10-5-6-12-25(21)24)29-23(15-14-20-8-3-2-4-9-20)18-22-16-17-28-27(30)26(22)29/h2-13,19,22-23,26H,14-18H2,1H3,(H,28,30). The number of aryl methyl sites for hydroxylation is 1. The minimum atomic E-state index is -0.00603. The van der Waals surface area contributed by atoms with Crippen LogP contribution in [0, 0.1) is 5.92 Å². The average Bonchev–Trinajstić information content (AvgIpc) is 3.17. The Kier molecular flexibility index (Phi) is 5.30. The molecular formula is C27H30N2O. The molecule has 4 unspecified atom stereocenters. The van der Waals surface area contributed by atoms with Crippen LogP contribution in [0.25, 0.3) is 10.8 Å². The van der Waals surface area contributed by atoms with Gasteiger partial charge in [0.2, 0.25) is 5.91 Å². The lowest BCUT2D eigenvalue weighted by Gasteiger charge is -2.38. The fraction of sp³-hybridized carbons (Fsp3) is 0.370. The highest BCUT2D eigenvalue weighted by atomic mass is 16.2. The number of carbonyl (C=O) groups excluding carboxylic acids is 1. The summed E-state index contributed by atoms with van der Waals surface area (Å²) in [6.07, 6.45) is 4.38. The normalized spacial score (nSPS) is 25.1. The highest BCUT2D eigenvalue weighted by Crippen LogP contribution is 2.42. The van der Waals surface area contributed by atoms with Gasteiger partial charge in [-0.05, 0) is 60.4 Å². The maximum Gasteiger partial charge on any atom is 0.237 e. The molecule has 2 aliphatic rings. The smallest absolute Gasteiger partial charge is 0.237 e. The predicted molar refractivity (Wildman–Crippen MR) is 122 cm³/mol. The minimum absolute atomic E-state index is 0.00603. The lowest BCUT2D eigenvalue weighted by atomic mass is 9.90. The number of fused-ring (bicyclic) bond motifs is 2. The first kappa shape index (κ1) is 19.3. The molecule has 3 aromatic carbocycles. The van der Waals surface area contributed by atoms with Gasteiger partial charge in [-0.25, -0.2) is 0 Å². The van der Waals surface area contributed by atoms with E-state index in [2.05, 4.69) is 89.9 Å². The second kappa shape index (κ2) is 8.23. The van der Waals surface area contributed by atoms with E-state index in [1.54, 1.807) is 0 Å². The van der Waals surface area contributed by atoms with Crippen molar-refractivity contribution in [2.75, 3.05) is 6.54 Å². The molecule has 2 aliphatic heterocycles. The summed E-state index contributed by atoms with van der Waals surface area (Å²) >= 11 is 0. The van der Waals surface area contributed by atoms with Crippen molar-refractivity contribution in [2.24, 2.45) is 5.92 Å². The summed E-state index contributed by atoms with van der Waals surface area (Å²) < 4.78 is 0. The van der Waals surface area contributed by atoms with Crippen LogP contribution in [-0.2, 0) is 11.2 Å². The van der Waals surface area contributed by atoms with Crippen molar-refractivity contribution in [3.63, 3.8) is 0 Å². The molecule has 30 heavy (non-hydrogen) atoms. The molecule has 5 rings (SSSR count). The van der Waals surface area contributed by atoms with Crippen LogP contribution < -0.4 is 5.32 Å². The van der Waals surface area contributed by atoms with Gasteiger partial charge in [-0.3, -0.25) is 9.69 Å². The molecule has 0 aliphatic carbocycles. The molecule has 3 heteroatoms. The summed E-state index contributed by atoms with van der Waals surface area (Å²) in [5, 5.41) is 5.71. The van der Waals surface area contributed by atoms with Crippen LogP contribution in [0.4, 0.5) is 0 Å². The fourth-order valence-electron chi connectivity index (χ4n) is 5.76. The molecule has 0 bridgehead atoms. The van der Waals surface area contributed by atoms with Crippen LogP contribution in [0.1, 0.15) is 43.4 Å². The summed E-state index contributed by atoms with van der Waals surface area (Å²) in [4.78, 5) is 15.5. The van der Waals surface area contributed by atoms with Gasteiger partial charge in [0.1, 0.15) is 0 Å². The van der Waals surface area contributed by atoms with Crippen LogP contribution in [-0.4, -0.2) is 29.4 Å². The van der Waals surface area contributed by atoms with Crippen LogP contribution in [0.15, 0.2) is 72.8 Å². The van der Waals surface area contributed by atoms with E-state index >= 15 is 0 Å². The van der Waals surface area contributed by atoms with Gasteiger partial charge in [-0.15, -0.1) is 0 Å². The molecule has 0 saturated carbocycles. The molecule has 4 atom stereocenters. The van der Waals surface area contributed by atoms with Gasteiger partial charge < -0.3 is 5.32 Å². The summed E-state index contributed by atoms with van der Waals surface area (Å²) in [6, 6.07) is 26.6. The number of nitrogens with one attached hydrogen (secondary N) is 1. The van der Waals surface area contributed by atoms with Gasteiger partial charge in [0.05, 0.1) is 6.04 Å². The Bertz CT molecular complexity index is 1030. The summed E-state index contributed by atoms with van der Waals surface area (Å²) in [5.74, 6) is 0.692. The number of likely N-dealkylation sites (tertiary alicyclic amines) is 1. The first-order chi connectivity index (χ1) is 14.7. The van der Waals surface area contributed by atoms with Gasteiger partial charge in [-0.1, -0.05) is 72.8 Å². The maximum atomic E-state index is 13.0. The minimum Gasteiger partial charge on any atom is -0.355 e. The molecule has 1 N–H and O–H groups in total.